The molecule has 2 aliphatic rings. The third kappa shape index (κ3) is 6.16. The van der Waals surface area contributed by atoms with Crippen LogP contribution in [0.3, 0.4) is 0 Å². The number of aryl methyl sites for hydroxylation is 2. The molecule has 50 heavy (non-hydrogen) atoms. The summed E-state index contributed by atoms with van der Waals surface area (Å²) in [6, 6.07) is 20.9. The van der Waals surface area contributed by atoms with Crippen LogP contribution >= 0.6 is 31.9 Å². The van der Waals surface area contributed by atoms with Crippen LogP contribution < -0.4 is 20.6 Å². The topological polar surface area (TPSA) is 72.3 Å². The summed E-state index contributed by atoms with van der Waals surface area (Å²) in [5, 5.41) is 1.24. The maximum absolute atomic E-state index is 12.8. The molecule has 0 amide bonds. The van der Waals surface area contributed by atoms with Crippen LogP contribution in [0.1, 0.15) is 47.2 Å². The molecule has 8 rings (SSSR count). The van der Waals surface area contributed by atoms with Crippen molar-refractivity contribution >= 4 is 53.7 Å². The van der Waals surface area contributed by atoms with E-state index in [4.69, 9.17) is 9.47 Å². The van der Waals surface area contributed by atoms with Crippen molar-refractivity contribution in [3.63, 3.8) is 0 Å². The van der Waals surface area contributed by atoms with Crippen LogP contribution in [0.4, 0.5) is 17.6 Å². The average Bonchev–Trinajstić information content (AvgIpc) is 3.82. The van der Waals surface area contributed by atoms with Gasteiger partial charge in [0.1, 0.15) is 11.5 Å². The lowest BCUT2D eigenvalue weighted by atomic mass is 10.0. The highest BCUT2D eigenvalue weighted by atomic mass is 79.9. The molecule has 0 radical (unpaired) electrons. The van der Waals surface area contributed by atoms with E-state index in [1.165, 1.54) is 0 Å². The smallest absolute Gasteiger partial charge is 0.387 e. The molecule has 1 unspecified atom stereocenters. The Morgan fingerprint density at radius 3 is 1.40 bits per heavy atom. The van der Waals surface area contributed by atoms with E-state index < -0.39 is 13.2 Å². The van der Waals surface area contributed by atoms with Gasteiger partial charge in [-0.05, 0) is 75.2 Å². The van der Waals surface area contributed by atoms with Gasteiger partial charge in [-0.1, -0.05) is 67.3 Å². The van der Waals surface area contributed by atoms with Crippen molar-refractivity contribution in [1.29, 1.82) is 0 Å². The Hall–Kier alpha value is -4.30. The number of aromatic nitrogens is 4. The first kappa shape index (κ1) is 34.2. The fourth-order valence-corrected chi connectivity index (χ4v) is 7.84. The molecule has 8 nitrogen and oxygen atoms in total. The summed E-state index contributed by atoms with van der Waals surface area (Å²) in [4.78, 5) is 25.2. The number of hydrogen-bond donors (Lipinski definition) is 0. The second-order valence-electron chi connectivity index (χ2n) is 12.3. The SMILES string of the molecule is Cc1ccc(OC(F)F)c(C2CCn3c(=O)c4ccc(Br)cc4n32)c1.Cc1ccc(OC(F)F)c([C@H]2CCn3c(=O)c4ccc(Br)cc4n32)c1. The Kier molecular flexibility index (Phi) is 9.18. The summed E-state index contributed by atoms with van der Waals surface area (Å²) in [7, 11) is 0. The number of nitrogens with zero attached hydrogens (tertiary/aromatic N) is 4. The van der Waals surface area contributed by atoms with Crippen molar-refractivity contribution in [2.75, 3.05) is 0 Å². The van der Waals surface area contributed by atoms with Crippen LogP contribution in [0.5, 0.6) is 11.5 Å². The van der Waals surface area contributed by atoms with E-state index in [2.05, 4.69) is 31.9 Å². The number of halogens is 6. The van der Waals surface area contributed by atoms with E-state index in [9.17, 15) is 27.2 Å². The standard InChI is InChI=1S/2C18H15BrF2N2O2/c2*1-10-2-5-16(25-18(20)21)13(8-10)14-6-7-22-17(24)12-4-3-11(19)9-15(12)23(14)22/h2*2-5,8-9,14,18H,6-7H2,1H3/t14-;/m1./s1. The highest BCUT2D eigenvalue weighted by Crippen LogP contribution is 2.39. The molecular weight excluding hydrogens is 788 g/mol. The molecule has 0 aliphatic carbocycles. The van der Waals surface area contributed by atoms with E-state index in [0.717, 1.165) is 31.1 Å². The van der Waals surface area contributed by atoms with E-state index in [1.807, 2.05) is 59.6 Å². The normalized spacial score (nSPS) is 16.6. The monoisotopic (exact) mass is 816 g/mol. The third-order valence-corrected chi connectivity index (χ3v) is 10.1. The number of fused-ring (bicyclic) bond motifs is 6. The molecule has 0 saturated carbocycles. The Labute approximate surface area is 299 Å². The van der Waals surface area contributed by atoms with Gasteiger partial charge in [0.2, 0.25) is 0 Å². The van der Waals surface area contributed by atoms with Crippen molar-refractivity contribution < 1.29 is 27.0 Å². The molecule has 4 aromatic carbocycles. The van der Waals surface area contributed by atoms with Gasteiger partial charge in [0.05, 0.1) is 33.9 Å². The summed E-state index contributed by atoms with van der Waals surface area (Å²) < 4.78 is 69.5. The van der Waals surface area contributed by atoms with Crippen molar-refractivity contribution in [3.05, 3.63) is 125 Å². The highest BCUT2D eigenvalue weighted by Gasteiger charge is 2.32. The summed E-state index contributed by atoms with van der Waals surface area (Å²) in [5.41, 5.74) is 4.69. The molecule has 4 heterocycles. The average molecular weight is 818 g/mol. The highest BCUT2D eigenvalue weighted by molar-refractivity contribution is 9.10. The molecule has 0 bridgehead atoms. The minimum Gasteiger partial charge on any atom is -0.434 e. The molecule has 0 fully saturated rings. The maximum atomic E-state index is 12.8. The van der Waals surface area contributed by atoms with Crippen molar-refractivity contribution in [1.82, 2.24) is 18.7 Å². The van der Waals surface area contributed by atoms with Crippen LogP contribution in [0, 0.1) is 13.8 Å². The zero-order valence-electron chi connectivity index (χ0n) is 26.8. The molecular formula is C36H30Br2F4N4O4. The van der Waals surface area contributed by atoms with Crippen molar-refractivity contribution in [2.24, 2.45) is 0 Å². The first-order valence-electron chi connectivity index (χ1n) is 15.8. The first-order chi connectivity index (χ1) is 23.9. The molecule has 260 valence electrons. The lowest BCUT2D eigenvalue weighted by Gasteiger charge is -2.19. The number of benzene rings is 4. The Morgan fingerprint density at radius 2 is 1.02 bits per heavy atom. The number of ether oxygens (including phenoxy) is 2. The molecule has 2 aromatic heterocycles. The molecule has 0 spiro atoms. The minimum atomic E-state index is -2.89. The fourth-order valence-electron chi connectivity index (χ4n) is 7.15. The lowest BCUT2D eigenvalue weighted by molar-refractivity contribution is -0.0513. The first-order valence-corrected chi connectivity index (χ1v) is 17.4. The van der Waals surface area contributed by atoms with Gasteiger partial charge in [-0.15, -0.1) is 0 Å². The van der Waals surface area contributed by atoms with Crippen LogP contribution in [0.25, 0.3) is 21.8 Å². The number of alkyl halides is 4. The quantitative estimate of drug-likeness (QED) is 0.158. The molecule has 2 aliphatic heterocycles. The Morgan fingerprint density at radius 1 is 0.620 bits per heavy atom. The van der Waals surface area contributed by atoms with Crippen LogP contribution in [0.15, 0.2) is 91.3 Å². The summed E-state index contributed by atoms with van der Waals surface area (Å²) in [5.74, 6) is 0.312. The molecule has 2 atom stereocenters. The van der Waals surface area contributed by atoms with Gasteiger partial charge >= 0.3 is 13.2 Å². The van der Waals surface area contributed by atoms with Gasteiger partial charge in [-0.2, -0.15) is 17.6 Å². The fraction of sp³-hybridized carbons (Fsp3) is 0.278. The second kappa shape index (κ2) is 13.4. The van der Waals surface area contributed by atoms with E-state index >= 15 is 0 Å². The number of hydrogen-bond acceptors (Lipinski definition) is 4. The van der Waals surface area contributed by atoms with E-state index in [-0.39, 0.29) is 34.7 Å². The van der Waals surface area contributed by atoms with Gasteiger partial charge < -0.3 is 9.47 Å². The van der Waals surface area contributed by atoms with Gasteiger partial charge in [0.15, 0.2) is 0 Å². The predicted molar refractivity (Wildman–Crippen MR) is 189 cm³/mol. The lowest BCUT2D eigenvalue weighted by Crippen LogP contribution is -2.18. The summed E-state index contributed by atoms with van der Waals surface area (Å²) in [6.07, 6.45) is 1.31. The van der Waals surface area contributed by atoms with Crippen LogP contribution in [-0.2, 0) is 13.1 Å². The Balaban J connectivity index is 0.000000157. The van der Waals surface area contributed by atoms with Crippen LogP contribution in [-0.4, -0.2) is 32.0 Å². The second-order valence-corrected chi connectivity index (χ2v) is 14.1. The van der Waals surface area contributed by atoms with Gasteiger partial charge in [0.25, 0.3) is 11.1 Å². The predicted octanol–water partition coefficient (Wildman–Crippen LogP) is 8.94. The van der Waals surface area contributed by atoms with Crippen LogP contribution in [0.2, 0.25) is 0 Å². The summed E-state index contributed by atoms with van der Waals surface area (Å²) >= 11 is 6.87. The molecule has 6 aromatic rings. The van der Waals surface area contributed by atoms with E-state index in [1.54, 1.807) is 45.8 Å². The minimum absolute atomic E-state index is 0.0611. The van der Waals surface area contributed by atoms with E-state index in [0.29, 0.717) is 47.8 Å². The van der Waals surface area contributed by atoms with Gasteiger partial charge in [0, 0.05) is 33.2 Å². The molecule has 0 N–H and O–H groups in total. The summed E-state index contributed by atoms with van der Waals surface area (Å²) in [6.45, 7) is -0.888. The third-order valence-electron chi connectivity index (χ3n) is 9.16. The number of rotatable bonds is 6. The maximum Gasteiger partial charge on any atom is 0.387 e. The van der Waals surface area contributed by atoms with Crippen molar-refractivity contribution in [2.45, 2.75) is 65.1 Å². The van der Waals surface area contributed by atoms with Crippen molar-refractivity contribution in [3.8, 4) is 11.5 Å². The van der Waals surface area contributed by atoms with Gasteiger partial charge in [-0.25, -0.2) is 9.36 Å². The largest absolute Gasteiger partial charge is 0.434 e. The van der Waals surface area contributed by atoms with Gasteiger partial charge in [-0.3, -0.25) is 19.0 Å². The molecule has 0 saturated heterocycles. The zero-order chi connectivity index (χ0) is 35.4. The molecule has 14 heteroatoms. The zero-order valence-corrected chi connectivity index (χ0v) is 29.9. The Bertz CT molecular complexity index is 2220.